The van der Waals surface area contributed by atoms with Crippen LogP contribution in [0.1, 0.15) is 66.9 Å². The number of ether oxygens (including phenoxy) is 2. The predicted octanol–water partition coefficient (Wildman–Crippen LogP) is 4.97. The van der Waals surface area contributed by atoms with Crippen molar-refractivity contribution >= 4 is 33.7 Å². The van der Waals surface area contributed by atoms with Gasteiger partial charge in [-0.1, -0.05) is 61.3 Å². The maximum Gasteiger partial charge on any atom is 0.414 e. The third-order valence-electron chi connectivity index (χ3n) is 7.11. The van der Waals surface area contributed by atoms with Gasteiger partial charge in [0, 0.05) is 0 Å². The first-order valence-corrected chi connectivity index (χ1v) is 13.2. The van der Waals surface area contributed by atoms with Gasteiger partial charge in [0.25, 0.3) is 10.1 Å². The van der Waals surface area contributed by atoms with Crippen molar-refractivity contribution in [2.75, 3.05) is 23.0 Å². The lowest BCUT2D eigenvalue weighted by atomic mass is 9.85. The van der Waals surface area contributed by atoms with Gasteiger partial charge >= 0.3 is 12.2 Å². The van der Waals surface area contributed by atoms with Crippen LogP contribution in [0.25, 0.3) is 0 Å². The van der Waals surface area contributed by atoms with Gasteiger partial charge in [-0.15, -0.1) is 0 Å². The molecule has 0 spiro atoms. The number of nitrogens with zero attached hydrogens (tertiary/aromatic N) is 2. The van der Waals surface area contributed by atoms with Gasteiger partial charge in [-0.2, -0.15) is 8.42 Å². The largest absolute Gasteiger partial charge is 0.447 e. The van der Waals surface area contributed by atoms with Crippen LogP contribution in [0.15, 0.2) is 17.0 Å². The number of amides is 2. The molecule has 1 aromatic rings. The number of carbonyl (C=O) groups is 2. The molecule has 2 heterocycles. The molecular formula is C24H36N2O7S. The lowest BCUT2D eigenvalue weighted by Crippen LogP contribution is -2.41. The van der Waals surface area contributed by atoms with Gasteiger partial charge in [0.15, 0.2) is 0 Å². The van der Waals surface area contributed by atoms with Crippen molar-refractivity contribution in [2.24, 2.45) is 11.8 Å². The van der Waals surface area contributed by atoms with Crippen LogP contribution in [0, 0.1) is 11.8 Å². The second-order valence-electron chi connectivity index (χ2n) is 10.4. The van der Waals surface area contributed by atoms with E-state index in [9.17, 15) is 22.6 Å². The topological polar surface area (TPSA) is 113 Å². The zero-order valence-corrected chi connectivity index (χ0v) is 21.8. The number of carbonyl (C=O) groups excluding carboxylic acids is 2. The summed E-state index contributed by atoms with van der Waals surface area (Å²) in [5, 5.41) is 0. The normalized spacial score (nSPS) is 23.2. The van der Waals surface area contributed by atoms with Gasteiger partial charge in [-0.05, 0) is 34.9 Å². The summed E-state index contributed by atoms with van der Waals surface area (Å²) in [5.41, 5.74) is 0.280. The fraction of sp³-hybridized carbons (Fsp3) is 0.667. The summed E-state index contributed by atoms with van der Waals surface area (Å²) in [7, 11) is -4.86. The molecule has 2 fully saturated rings. The molecule has 2 aliphatic heterocycles. The molecule has 34 heavy (non-hydrogen) atoms. The SMILES string of the molecule is CC[C@H](C)[C@H]1COC(=O)N1c1cc(C(C)(C)C)cc(N2C(=O)OC[C@@H]2[C@@H](C)CC)c1S(=O)(=O)O. The smallest absolute Gasteiger partial charge is 0.414 e. The van der Waals surface area contributed by atoms with Crippen LogP contribution in [0.2, 0.25) is 0 Å². The summed E-state index contributed by atoms with van der Waals surface area (Å²) < 4.78 is 46.8. The Morgan fingerprint density at radius 1 is 0.941 bits per heavy atom. The highest BCUT2D eigenvalue weighted by molar-refractivity contribution is 7.86. The van der Waals surface area contributed by atoms with Crippen molar-refractivity contribution in [3.05, 3.63) is 17.7 Å². The van der Waals surface area contributed by atoms with E-state index < -0.39 is 44.7 Å². The maximum atomic E-state index is 12.9. The Morgan fingerprint density at radius 2 is 1.32 bits per heavy atom. The second-order valence-corrected chi connectivity index (χ2v) is 11.7. The molecule has 9 nitrogen and oxygen atoms in total. The molecule has 0 bridgehead atoms. The zero-order chi connectivity index (χ0) is 25.6. The fourth-order valence-electron chi connectivity index (χ4n) is 4.46. The van der Waals surface area contributed by atoms with E-state index in [0.717, 1.165) is 12.8 Å². The minimum Gasteiger partial charge on any atom is -0.447 e. The summed E-state index contributed by atoms with van der Waals surface area (Å²) >= 11 is 0. The number of cyclic esters (lactones) is 2. The first-order valence-electron chi connectivity index (χ1n) is 11.8. The van der Waals surface area contributed by atoms with Gasteiger partial charge < -0.3 is 9.47 Å². The van der Waals surface area contributed by atoms with Crippen molar-refractivity contribution in [3.63, 3.8) is 0 Å². The molecule has 10 heteroatoms. The van der Waals surface area contributed by atoms with Crippen LogP contribution in [-0.4, -0.2) is 50.5 Å². The van der Waals surface area contributed by atoms with Crippen molar-refractivity contribution in [1.82, 2.24) is 0 Å². The van der Waals surface area contributed by atoms with E-state index in [-0.39, 0.29) is 36.4 Å². The maximum absolute atomic E-state index is 12.9. The highest BCUT2D eigenvalue weighted by Gasteiger charge is 2.45. The van der Waals surface area contributed by atoms with Gasteiger partial charge in [-0.3, -0.25) is 14.4 Å². The highest BCUT2D eigenvalue weighted by Crippen LogP contribution is 2.44. The van der Waals surface area contributed by atoms with Gasteiger partial charge in [0.1, 0.15) is 18.1 Å². The van der Waals surface area contributed by atoms with Crippen LogP contribution in [-0.2, 0) is 25.0 Å². The average Bonchev–Trinajstić information content (AvgIpc) is 3.32. The van der Waals surface area contributed by atoms with Gasteiger partial charge in [-0.25, -0.2) is 9.59 Å². The standard InChI is InChI=1S/C24H36N2O7S/c1-8-14(3)19-12-32-22(27)25(19)17-10-16(24(5,6)7)11-18(21(17)34(29,30)31)26-20(15(4)9-2)13-33-23(26)28/h10-11,14-15,19-20H,8-9,12-13H2,1-7H3,(H,29,30,31)/t14-,15-,19+,20+/m0/s1. The summed E-state index contributed by atoms with van der Waals surface area (Å²) in [4.78, 5) is 27.9. The molecule has 0 aliphatic carbocycles. The first-order chi connectivity index (χ1) is 15.7. The van der Waals surface area contributed by atoms with E-state index in [1.807, 2.05) is 48.5 Å². The number of hydrogen-bond acceptors (Lipinski definition) is 6. The zero-order valence-electron chi connectivity index (χ0n) is 21.0. The number of hydrogen-bond donors (Lipinski definition) is 1. The van der Waals surface area contributed by atoms with Gasteiger partial charge in [0.05, 0.1) is 23.5 Å². The number of benzene rings is 1. The van der Waals surface area contributed by atoms with Crippen molar-refractivity contribution in [3.8, 4) is 0 Å². The average molecular weight is 497 g/mol. The van der Waals surface area contributed by atoms with Gasteiger partial charge in [0.2, 0.25) is 0 Å². The summed E-state index contributed by atoms with van der Waals surface area (Å²) in [6, 6.07) is 2.37. The second kappa shape index (κ2) is 9.37. The Kier molecular flexibility index (Phi) is 7.24. The van der Waals surface area contributed by atoms with Crippen molar-refractivity contribution in [1.29, 1.82) is 0 Å². The van der Waals surface area contributed by atoms with E-state index >= 15 is 0 Å². The molecule has 3 rings (SSSR count). The summed E-state index contributed by atoms with van der Waals surface area (Å²) in [6.07, 6.45) is 0.100. The molecule has 2 aliphatic rings. The molecular weight excluding hydrogens is 460 g/mol. The lowest BCUT2D eigenvalue weighted by molar-refractivity contribution is 0.175. The quantitative estimate of drug-likeness (QED) is 0.530. The molecule has 4 atom stereocenters. The fourth-order valence-corrected chi connectivity index (χ4v) is 5.30. The molecule has 0 radical (unpaired) electrons. The Balaban J connectivity index is 2.38. The molecule has 1 aromatic carbocycles. The third-order valence-corrected chi connectivity index (χ3v) is 8.04. The summed E-state index contributed by atoms with van der Waals surface area (Å²) in [5.74, 6) is 0.0131. The third kappa shape index (κ3) is 4.75. The molecule has 0 aromatic heterocycles. The minimum atomic E-state index is -4.86. The predicted molar refractivity (Wildman–Crippen MR) is 129 cm³/mol. The van der Waals surface area contributed by atoms with E-state index in [1.54, 1.807) is 12.1 Å². The first kappa shape index (κ1) is 26.3. The van der Waals surface area contributed by atoms with Crippen LogP contribution >= 0.6 is 0 Å². The lowest BCUT2D eigenvalue weighted by Gasteiger charge is -2.33. The van der Waals surface area contributed by atoms with Crippen LogP contribution in [0.4, 0.5) is 21.0 Å². The highest BCUT2D eigenvalue weighted by atomic mass is 32.2. The van der Waals surface area contributed by atoms with E-state index in [4.69, 9.17) is 9.47 Å². The molecule has 0 saturated carbocycles. The summed E-state index contributed by atoms with van der Waals surface area (Å²) in [6.45, 7) is 13.9. The Hall–Kier alpha value is -2.33. The van der Waals surface area contributed by atoms with Crippen LogP contribution in [0.5, 0.6) is 0 Å². The van der Waals surface area contributed by atoms with E-state index in [2.05, 4.69) is 0 Å². The van der Waals surface area contributed by atoms with E-state index in [0.29, 0.717) is 5.56 Å². The van der Waals surface area contributed by atoms with Crippen molar-refractivity contribution in [2.45, 2.75) is 83.7 Å². The van der Waals surface area contributed by atoms with Crippen LogP contribution in [0.3, 0.4) is 0 Å². The van der Waals surface area contributed by atoms with E-state index in [1.165, 1.54) is 9.80 Å². The molecule has 2 saturated heterocycles. The Bertz CT molecular complexity index is 1000. The Labute approximate surface area is 202 Å². The monoisotopic (exact) mass is 496 g/mol. The minimum absolute atomic E-state index is 0.00653. The van der Waals surface area contributed by atoms with Crippen molar-refractivity contribution < 1.29 is 32.0 Å². The Morgan fingerprint density at radius 3 is 1.62 bits per heavy atom. The molecule has 190 valence electrons. The van der Waals surface area contributed by atoms with Crippen LogP contribution < -0.4 is 9.80 Å². The molecule has 1 N–H and O–H groups in total. The number of rotatable bonds is 7. The molecule has 2 amide bonds. The number of anilines is 2. The molecule has 0 unspecified atom stereocenters.